The zero-order valence-electron chi connectivity index (χ0n) is 19.6. The summed E-state index contributed by atoms with van der Waals surface area (Å²) in [6, 6.07) is 2.56. The molecule has 4 rings (SSSR count). The second-order valence-electron chi connectivity index (χ2n) is 10.9. The molecule has 0 radical (unpaired) electrons. The van der Waals surface area contributed by atoms with Crippen molar-refractivity contribution in [2.75, 3.05) is 19.8 Å². The first-order valence-electron chi connectivity index (χ1n) is 11.9. The van der Waals surface area contributed by atoms with Crippen molar-refractivity contribution in [3.8, 4) is 0 Å². The van der Waals surface area contributed by atoms with Crippen molar-refractivity contribution in [3.63, 3.8) is 0 Å². The predicted molar refractivity (Wildman–Crippen MR) is 119 cm³/mol. The van der Waals surface area contributed by atoms with Crippen LogP contribution in [0.3, 0.4) is 0 Å². The maximum Gasteiger partial charge on any atom is 0.326 e. The molecule has 1 saturated carbocycles. The maximum atomic E-state index is 14.0. The van der Waals surface area contributed by atoms with E-state index in [4.69, 9.17) is 0 Å². The number of ketones is 1. The Hall–Kier alpha value is -2.35. The highest BCUT2D eigenvalue weighted by Gasteiger charge is 2.53. The summed E-state index contributed by atoms with van der Waals surface area (Å²) in [6.45, 7) is 7.84. The molecule has 2 aliphatic heterocycles. The van der Waals surface area contributed by atoms with Crippen molar-refractivity contribution in [1.82, 2.24) is 15.1 Å². The number of nitrogens with one attached hydrogen (secondary N) is 1. The van der Waals surface area contributed by atoms with Gasteiger partial charge in [-0.1, -0.05) is 20.8 Å². The van der Waals surface area contributed by atoms with Crippen molar-refractivity contribution in [1.29, 1.82) is 0 Å². The molecular formula is C25H33F2N3O3. The molecule has 180 valence electrons. The van der Waals surface area contributed by atoms with Crippen LogP contribution in [0.5, 0.6) is 0 Å². The Morgan fingerprint density at radius 2 is 1.73 bits per heavy atom. The average Bonchev–Trinajstić information content (AvgIpc) is 2.99. The van der Waals surface area contributed by atoms with E-state index in [0.717, 1.165) is 31.0 Å². The summed E-state index contributed by atoms with van der Waals surface area (Å²) >= 11 is 0. The molecule has 1 aromatic rings. The lowest BCUT2D eigenvalue weighted by Crippen LogP contribution is -2.51. The minimum Gasteiger partial charge on any atom is -0.323 e. The number of benzene rings is 1. The quantitative estimate of drug-likeness (QED) is 0.535. The molecule has 3 amide bonds. The molecule has 1 aliphatic carbocycles. The maximum absolute atomic E-state index is 14.0. The number of carbonyl (C=O) groups is 3. The van der Waals surface area contributed by atoms with E-state index in [1.165, 1.54) is 4.90 Å². The molecule has 3 fully saturated rings. The zero-order valence-corrected chi connectivity index (χ0v) is 19.6. The molecule has 0 bridgehead atoms. The van der Waals surface area contributed by atoms with Gasteiger partial charge in [0.15, 0.2) is 5.78 Å². The third kappa shape index (κ3) is 4.67. The number of hydrogen-bond acceptors (Lipinski definition) is 4. The number of halogens is 2. The topological polar surface area (TPSA) is 69.7 Å². The summed E-state index contributed by atoms with van der Waals surface area (Å²) in [7, 11) is 0. The third-order valence-electron chi connectivity index (χ3n) is 7.80. The van der Waals surface area contributed by atoms with E-state index in [0.29, 0.717) is 44.7 Å². The van der Waals surface area contributed by atoms with Crippen molar-refractivity contribution >= 4 is 17.7 Å². The number of urea groups is 1. The summed E-state index contributed by atoms with van der Waals surface area (Å²) < 4.78 is 27.5. The van der Waals surface area contributed by atoms with Gasteiger partial charge in [0, 0.05) is 19.0 Å². The highest BCUT2D eigenvalue weighted by molar-refractivity contribution is 6.07. The van der Waals surface area contributed by atoms with Crippen molar-refractivity contribution in [3.05, 3.63) is 35.4 Å². The van der Waals surface area contributed by atoms with Gasteiger partial charge in [-0.3, -0.25) is 14.5 Å². The van der Waals surface area contributed by atoms with Crippen LogP contribution in [0, 0.1) is 28.9 Å². The van der Waals surface area contributed by atoms with Gasteiger partial charge in [-0.2, -0.15) is 0 Å². The normalized spacial score (nSPS) is 27.3. The number of imide groups is 1. The van der Waals surface area contributed by atoms with E-state index in [9.17, 15) is 23.2 Å². The zero-order chi connectivity index (χ0) is 24.0. The number of Topliss-reactive ketones (excluding diaryl/α,β-unsaturated/α-hetero) is 1. The monoisotopic (exact) mass is 461 g/mol. The fourth-order valence-electron chi connectivity index (χ4n) is 5.56. The Bertz CT molecular complexity index is 943. The van der Waals surface area contributed by atoms with Crippen LogP contribution in [-0.4, -0.2) is 52.8 Å². The summed E-state index contributed by atoms with van der Waals surface area (Å²) in [5.41, 5.74) is -0.819. The molecule has 3 aliphatic rings. The first-order chi connectivity index (χ1) is 15.5. The highest BCUT2D eigenvalue weighted by atomic mass is 19.1. The standard InChI is InChI=1S/C25H33F2N3O3/c1-24(2,3)17-6-10-25(11-7-17)22(32)30(23(33)28-25)15-29-12-8-16(9-13-29)21(31)19-14-18(26)4-5-20(19)27/h4-5,14,16-17H,6-13,15H2,1-3H3,(H,28,33). The van der Waals surface area contributed by atoms with Crippen molar-refractivity contribution in [2.24, 2.45) is 17.3 Å². The van der Waals surface area contributed by atoms with E-state index in [1.54, 1.807) is 0 Å². The Labute approximate surface area is 193 Å². The van der Waals surface area contributed by atoms with Gasteiger partial charge in [0.2, 0.25) is 0 Å². The first-order valence-corrected chi connectivity index (χ1v) is 11.9. The Morgan fingerprint density at radius 1 is 1.09 bits per heavy atom. The largest absolute Gasteiger partial charge is 0.326 e. The summed E-state index contributed by atoms with van der Waals surface area (Å²) in [5, 5.41) is 2.97. The molecule has 2 saturated heterocycles. The number of hydrogen-bond donors (Lipinski definition) is 1. The van der Waals surface area contributed by atoms with Gasteiger partial charge in [0.25, 0.3) is 5.91 Å². The fourth-order valence-corrected chi connectivity index (χ4v) is 5.56. The van der Waals surface area contributed by atoms with Crippen LogP contribution < -0.4 is 5.32 Å². The van der Waals surface area contributed by atoms with Gasteiger partial charge in [-0.25, -0.2) is 18.5 Å². The lowest BCUT2D eigenvalue weighted by atomic mass is 9.67. The number of carbonyl (C=O) groups excluding carboxylic acids is 3. The molecule has 0 atom stereocenters. The summed E-state index contributed by atoms with van der Waals surface area (Å²) in [5.74, 6) is -1.77. The number of nitrogens with zero attached hydrogens (tertiary/aromatic N) is 2. The van der Waals surface area contributed by atoms with Crippen LogP contribution in [0.4, 0.5) is 13.6 Å². The molecule has 2 heterocycles. The Morgan fingerprint density at radius 3 is 2.33 bits per heavy atom. The SMILES string of the molecule is CC(C)(C)C1CCC2(CC1)NC(=O)N(CN1CCC(C(=O)c3cc(F)ccc3F)CC1)C2=O. The summed E-state index contributed by atoms with van der Waals surface area (Å²) in [6.07, 6.45) is 4.08. The van der Waals surface area contributed by atoms with Gasteiger partial charge in [-0.15, -0.1) is 0 Å². The second kappa shape index (κ2) is 8.78. The second-order valence-corrected chi connectivity index (χ2v) is 10.9. The van der Waals surface area contributed by atoms with Gasteiger partial charge in [0.1, 0.15) is 17.2 Å². The third-order valence-corrected chi connectivity index (χ3v) is 7.80. The lowest BCUT2D eigenvalue weighted by Gasteiger charge is -2.40. The molecule has 1 aromatic carbocycles. The van der Waals surface area contributed by atoms with Gasteiger partial charge < -0.3 is 5.32 Å². The number of likely N-dealkylation sites (tertiary alicyclic amines) is 1. The van der Waals surface area contributed by atoms with Crippen LogP contribution in [0.15, 0.2) is 18.2 Å². The van der Waals surface area contributed by atoms with Crippen molar-refractivity contribution < 1.29 is 23.2 Å². The molecule has 0 aromatic heterocycles. The number of amides is 3. The van der Waals surface area contributed by atoms with Crippen LogP contribution in [-0.2, 0) is 4.79 Å². The van der Waals surface area contributed by atoms with Crippen molar-refractivity contribution in [2.45, 2.75) is 64.8 Å². The Balaban J connectivity index is 1.33. The van der Waals surface area contributed by atoms with Gasteiger partial charge in [0.05, 0.1) is 12.2 Å². The van der Waals surface area contributed by atoms with E-state index >= 15 is 0 Å². The molecule has 0 unspecified atom stereocenters. The summed E-state index contributed by atoms with van der Waals surface area (Å²) in [4.78, 5) is 41.9. The average molecular weight is 462 g/mol. The van der Waals surface area contributed by atoms with E-state index in [-0.39, 0.29) is 29.6 Å². The molecule has 6 nitrogen and oxygen atoms in total. The predicted octanol–water partition coefficient (Wildman–Crippen LogP) is 4.34. The Kier molecular flexibility index (Phi) is 6.33. The number of rotatable bonds is 4. The van der Waals surface area contributed by atoms with Gasteiger partial charge in [-0.05, 0) is 68.1 Å². The number of piperidine rings is 1. The van der Waals surface area contributed by atoms with Crippen LogP contribution >= 0.6 is 0 Å². The molecule has 8 heteroatoms. The van der Waals surface area contributed by atoms with Crippen LogP contribution in [0.2, 0.25) is 0 Å². The van der Waals surface area contributed by atoms with Crippen LogP contribution in [0.1, 0.15) is 69.7 Å². The van der Waals surface area contributed by atoms with E-state index in [1.807, 2.05) is 4.90 Å². The van der Waals surface area contributed by atoms with E-state index in [2.05, 4.69) is 26.1 Å². The first kappa shape index (κ1) is 23.8. The lowest BCUT2D eigenvalue weighted by molar-refractivity contribution is -0.134. The fraction of sp³-hybridized carbons (Fsp3) is 0.640. The molecule has 1 N–H and O–H groups in total. The molecular weight excluding hydrogens is 428 g/mol. The van der Waals surface area contributed by atoms with Gasteiger partial charge >= 0.3 is 6.03 Å². The van der Waals surface area contributed by atoms with Crippen LogP contribution in [0.25, 0.3) is 0 Å². The highest BCUT2D eigenvalue weighted by Crippen LogP contribution is 2.43. The minimum atomic E-state index is -0.790. The smallest absolute Gasteiger partial charge is 0.323 e. The minimum absolute atomic E-state index is 0.153. The molecule has 33 heavy (non-hydrogen) atoms. The van der Waals surface area contributed by atoms with E-state index < -0.39 is 28.9 Å². The molecule has 1 spiro atoms.